The van der Waals surface area contributed by atoms with Crippen LogP contribution in [0.15, 0.2) is 59.2 Å². The maximum absolute atomic E-state index is 12.5. The van der Waals surface area contributed by atoms with Gasteiger partial charge in [0.05, 0.1) is 11.9 Å². The summed E-state index contributed by atoms with van der Waals surface area (Å²) in [4.78, 5) is 22.6. The van der Waals surface area contributed by atoms with Crippen molar-refractivity contribution >= 4 is 27.6 Å². The van der Waals surface area contributed by atoms with Crippen molar-refractivity contribution < 1.29 is 9.53 Å². The van der Waals surface area contributed by atoms with Crippen LogP contribution in [0.5, 0.6) is 0 Å². The lowest BCUT2D eigenvalue weighted by atomic mass is 9.89. The maximum atomic E-state index is 12.5. The Morgan fingerprint density at radius 2 is 1.91 bits per heavy atom. The number of fused-ring (bicyclic) bond motifs is 1. The fourth-order valence-corrected chi connectivity index (χ4v) is 5.76. The van der Waals surface area contributed by atoms with Gasteiger partial charge in [0.1, 0.15) is 11.4 Å². The number of amides is 1. The zero-order chi connectivity index (χ0) is 24.0. The largest absolute Gasteiger partial charge is 0.444 e. The second-order valence-electron chi connectivity index (χ2n) is 10.2. The highest BCUT2D eigenvalue weighted by molar-refractivity contribution is 9.10. The van der Waals surface area contributed by atoms with Crippen molar-refractivity contribution in [1.82, 2.24) is 14.9 Å². The number of nitrogens with one attached hydrogen (secondary N) is 1. The van der Waals surface area contributed by atoms with Crippen LogP contribution in [0.2, 0.25) is 0 Å². The van der Waals surface area contributed by atoms with E-state index in [1.54, 1.807) is 4.90 Å². The predicted molar refractivity (Wildman–Crippen MR) is 139 cm³/mol. The number of carbonyl (C=O) groups is 1. The third kappa shape index (κ3) is 4.31. The number of halogens is 1. The molecular weight excluding hydrogens is 490 g/mol. The van der Waals surface area contributed by atoms with Gasteiger partial charge >= 0.3 is 6.09 Å². The van der Waals surface area contributed by atoms with E-state index in [4.69, 9.17) is 9.72 Å². The van der Waals surface area contributed by atoms with E-state index in [2.05, 4.69) is 76.4 Å². The zero-order valence-corrected chi connectivity index (χ0v) is 21.6. The third-order valence-electron chi connectivity index (χ3n) is 6.60. The summed E-state index contributed by atoms with van der Waals surface area (Å²) in [6, 6.07) is 15.0. The Labute approximate surface area is 209 Å². The molecule has 6 heteroatoms. The number of imidazole rings is 1. The van der Waals surface area contributed by atoms with Gasteiger partial charge in [-0.15, -0.1) is 0 Å². The molecule has 34 heavy (non-hydrogen) atoms. The second-order valence-corrected chi connectivity index (χ2v) is 11.1. The molecule has 0 saturated carbocycles. The summed E-state index contributed by atoms with van der Waals surface area (Å²) in [5.74, 6) is 1.31. The highest BCUT2D eigenvalue weighted by atomic mass is 79.9. The molecule has 1 fully saturated rings. The summed E-state index contributed by atoms with van der Waals surface area (Å²) >= 11 is 3.73. The number of rotatable bonds is 3. The minimum absolute atomic E-state index is 0.179. The number of benzene rings is 2. The molecule has 2 heterocycles. The van der Waals surface area contributed by atoms with Crippen LogP contribution in [-0.2, 0) is 4.74 Å². The zero-order valence-electron chi connectivity index (χ0n) is 20.1. The number of carbonyl (C=O) groups excluding carboxylic acids is 1. The molecule has 5 rings (SSSR count). The quantitative estimate of drug-likeness (QED) is 0.400. The minimum Gasteiger partial charge on any atom is -0.444 e. The van der Waals surface area contributed by atoms with Crippen molar-refractivity contribution in [3.8, 4) is 11.3 Å². The molecule has 2 aliphatic rings. The molecule has 1 amide bonds. The van der Waals surface area contributed by atoms with Gasteiger partial charge in [0, 0.05) is 35.0 Å². The fraction of sp³-hybridized carbons (Fsp3) is 0.357. The minimum atomic E-state index is -0.488. The lowest BCUT2D eigenvalue weighted by Crippen LogP contribution is -2.35. The Hall–Kier alpha value is -2.86. The molecule has 1 aliphatic heterocycles. The summed E-state index contributed by atoms with van der Waals surface area (Å²) in [7, 11) is 0. The van der Waals surface area contributed by atoms with Crippen molar-refractivity contribution in [3.05, 3.63) is 81.7 Å². The number of likely N-dealkylation sites (tertiary alicyclic amines) is 1. The highest BCUT2D eigenvalue weighted by Gasteiger charge is 2.32. The molecule has 2 atom stereocenters. The van der Waals surface area contributed by atoms with Crippen LogP contribution in [0.3, 0.4) is 0 Å². The monoisotopic (exact) mass is 519 g/mol. The summed E-state index contributed by atoms with van der Waals surface area (Å²) in [5.41, 5.74) is 6.85. The van der Waals surface area contributed by atoms with Crippen LogP contribution in [0, 0.1) is 0 Å². The molecule has 1 aliphatic carbocycles. The number of hydrogen-bond donors (Lipinski definition) is 1. The van der Waals surface area contributed by atoms with Crippen LogP contribution in [-0.4, -0.2) is 39.7 Å². The molecule has 5 nitrogen and oxygen atoms in total. The maximum Gasteiger partial charge on any atom is 0.410 e. The van der Waals surface area contributed by atoms with E-state index in [1.807, 2.05) is 27.0 Å². The number of aromatic nitrogens is 2. The molecule has 0 bridgehead atoms. The fourth-order valence-electron chi connectivity index (χ4n) is 5.07. The van der Waals surface area contributed by atoms with Crippen molar-refractivity contribution in [2.24, 2.45) is 0 Å². The summed E-state index contributed by atoms with van der Waals surface area (Å²) < 4.78 is 6.68. The first-order valence-electron chi connectivity index (χ1n) is 11.8. The van der Waals surface area contributed by atoms with E-state index in [0.29, 0.717) is 13.1 Å². The standard InChI is InChI=1S/C28H30BrN3O2/c1-17-14-22(21-10-7-11-23(29)25(17)21)19-8-5-6-9-20(19)24-15-30-26(31-24)18-12-13-32(16-18)27(33)34-28(2,3)4/h5-11,14-15,18,22H,12-13,16H2,1-4H3,(H,30,31). The lowest BCUT2D eigenvalue weighted by Gasteiger charge is -2.24. The number of nitrogens with zero attached hydrogens (tertiary/aromatic N) is 2. The van der Waals surface area contributed by atoms with Crippen molar-refractivity contribution in [3.63, 3.8) is 0 Å². The molecule has 3 aromatic rings. The van der Waals surface area contributed by atoms with E-state index < -0.39 is 5.60 Å². The van der Waals surface area contributed by atoms with E-state index in [-0.39, 0.29) is 17.9 Å². The third-order valence-corrected chi connectivity index (χ3v) is 7.26. The van der Waals surface area contributed by atoms with Crippen molar-refractivity contribution in [2.75, 3.05) is 13.1 Å². The lowest BCUT2D eigenvalue weighted by molar-refractivity contribution is 0.0292. The second kappa shape index (κ2) is 8.73. The van der Waals surface area contributed by atoms with Gasteiger partial charge in [-0.1, -0.05) is 58.4 Å². The van der Waals surface area contributed by atoms with Gasteiger partial charge < -0.3 is 14.6 Å². The smallest absolute Gasteiger partial charge is 0.410 e. The first-order valence-corrected chi connectivity index (χ1v) is 12.6. The molecule has 2 aromatic carbocycles. The average Bonchev–Trinajstić information content (AvgIpc) is 3.52. The SMILES string of the molecule is CC1=CC(c2ccccc2-c2cnc(C3CCN(C(=O)OC(C)(C)C)C3)[nH]2)c2cccc(Br)c21. The first-order chi connectivity index (χ1) is 16.2. The van der Waals surface area contributed by atoms with Gasteiger partial charge in [0.25, 0.3) is 0 Å². The van der Waals surface area contributed by atoms with Crippen molar-refractivity contribution in [2.45, 2.75) is 51.6 Å². The topological polar surface area (TPSA) is 58.2 Å². The number of hydrogen-bond acceptors (Lipinski definition) is 3. The van der Waals surface area contributed by atoms with Crippen LogP contribution in [0.25, 0.3) is 16.8 Å². The number of aromatic amines is 1. The number of H-pyrrole nitrogens is 1. The summed E-state index contributed by atoms with van der Waals surface area (Å²) in [5, 5.41) is 0. The highest BCUT2D eigenvalue weighted by Crippen LogP contribution is 2.45. The summed E-state index contributed by atoms with van der Waals surface area (Å²) in [6.45, 7) is 9.17. The predicted octanol–water partition coefficient (Wildman–Crippen LogP) is 7.11. The van der Waals surface area contributed by atoms with E-state index in [0.717, 1.165) is 28.0 Å². The molecule has 2 unspecified atom stereocenters. The van der Waals surface area contributed by atoms with Crippen LogP contribution >= 0.6 is 15.9 Å². The molecule has 1 saturated heterocycles. The Morgan fingerprint density at radius 1 is 1.15 bits per heavy atom. The Kier molecular flexibility index (Phi) is 5.88. The molecule has 0 spiro atoms. The first kappa shape index (κ1) is 22.9. The normalized spacial score (nSPS) is 19.8. The van der Waals surface area contributed by atoms with E-state index in [1.165, 1.54) is 22.3 Å². The Balaban J connectivity index is 1.40. The summed E-state index contributed by atoms with van der Waals surface area (Å²) in [6.07, 6.45) is 4.90. The molecular formula is C28H30BrN3O2. The van der Waals surface area contributed by atoms with Gasteiger partial charge in [-0.25, -0.2) is 9.78 Å². The molecule has 0 radical (unpaired) electrons. The van der Waals surface area contributed by atoms with Crippen molar-refractivity contribution in [1.29, 1.82) is 0 Å². The number of ether oxygens (including phenoxy) is 1. The van der Waals surface area contributed by atoms with E-state index in [9.17, 15) is 4.79 Å². The Bertz CT molecular complexity index is 1270. The van der Waals surface area contributed by atoms with Gasteiger partial charge in [-0.05, 0) is 62.4 Å². The van der Waals surface area contributed by atoms with E-state index >= 15 is 0 Å². The molecule has 1 aromatic heterocycles. The van der Waals surface area contributed by atoms with Crippen LogP contribution in [0.4, 0.5) is 4.79 Å². The Morgan fingerprint density at radius 3 is 2.71 bits per heavy atom. The van der Waals surface area contributed by atoms with Crippen LogP contribution < -0.4 is 0 Å². The number of allylic oxidation sites excluding steroid dienone is 2. The van der Waals surface area contributed by atoms with Gasteiger partial charge in [0.15, 0.2) is 0 Å². The van der Waals surface area contributed by atoms with Crippen LogP contribution in [0.1, 0.15) is 68.5 Å². The van der Waals surface area contributed by atoms with Gasteiger partial charge in [-0.3, -0.25) is 0 Å². The van der Waals surface area contributed by atoms with Gasteiger partial charge in [0.2, 0.25) is 0 Å². The molecule has 176 valence electrons. The molecule has 1 N–H and O–H groups in total. The average molecular weight is 520 g/mol. The van der Waals surface area contributed by atoms with Gasteiger partial charge in [-0.2, -0.15) is 0 Å².